The van der Waals surface area contributed by atoms with Gasteiger partial charge in [-0.1, -0.05) is 71.9 Å². The Morgan fingerprint density at radius 1 is 0.852 bits per heavy atom. The highest BCUT2D eigenvalue weighted by Gasteiger charge is 2.43. The summed E-state index contributed by atoms with van der Waals surface area (Å²) < 4.78 is 11.0. The van der Waals surface area contributed by atoms with E-state index in [9.17, 15) is 9.59 Å². The fourth-order valence-electron chi connectivity index (χ4n) is 3.18. The SMILES string of the molecule is CC(C)COC(=O)CC(Cc1ccccc1)(CC(C)C)C(=O)OCC(C)C. The van der Waals surface area contributed by atoms with E-state index in [1.54, 1.807) is 0 Å². The maximum atomic E-state index is 13.2. The lowest BCUT2D eigenvalue weighted by Gasteiger charge is -2.33. The molecule has 0 aliphatic heterocycles. The van der Waals surface area contributed by atoms with Crippen molar-refractivity contribution in [2.75, 3.05) is 13.2 Å². The van der Waals surface area contributed by atoms with Gasteiger partial charge < -0.3 is 9.47 Å². The van der Waals surface area contributed by atoms with E-state index in [0.717, 1.165) is 5.56 Å². The summed E-state index contributed by atoms with van der Waals surface area (Å²) in [5, 5.41) is 0. The van der Waals surface area contributed by atoms with Gasteiger partial charge in [0.2, 0.25) is 0 Å². The molecule has 0 heterocycles. The number of carbonyl (C=O) groups is 2. The Balaban J connectivity index is 3.13. The number of rotatable bonds is 11. The first-order valence-corrected chi connectivity index (χ1v) is 10.0. The molecular formula is C23H36O4. The van der Waals surface area contributed by atoms with Crippen LogP contribution in [-0.4, -0.2) is 25.2 Å². The van der Waals surface area contributed by atoms with E-state index in [0.29, 0.717) is 26.1 Å². The minimum absolute atomic E-state index is 0.0454. The Bertz CT molecular complexity index is 577. The first-order chi connectivity index (χ1) is 12.6. The maximum absolute atomic E-state index is 13.2. The van der Waals surface area contributed by atoms with Gasteiger partial charge in [-0.2, -0.15) is 0 Å². The third kappa shape index (κ3) is 8.59. The highest BCUT2D eigenvalue weighted by Crippen LogP contribution is 2.37. The molecule has 0 bridgehead atoms. The molecule has 1 rings (SSSR count). The van der Waals surface area contributed by atoms with Crippen LogP contribution in [0.2, 0.25) is 0 Å². The molecule has 0 aromatic heterocycles. The topological polar surface area (TPSA) is 52.6 Å². The molecular weight excluding hydrogens is 340 g/mol. The van der Waals surface area contributed by atoms with Gasteiger partial charge in [0.15, 0.2) is 0 Å². The van der Waals surface area contributed by atoms with Gasteiger partial charge in [0.1, 0.15) is 0 Å². The van der Waals surface area contributed by atoms with Crippen molar-refractivity contribution in [1.82, 2.24) is 0 Å². The Morgan fingerprint density at radius 2 is 1.41 bits per heavy atom. The summed E-state index contributed by atoms with van der Waals surface area (Å²) in [6, 6.07) is 9.83. The average Bonchev–Trinajstić information content (AvgIpc) is 2.58. The molecule has 0 fully saturated rings. The molecule has 1 aromatic carbocycles. The zero-order chi connectivity index (χ0) is 20.4. The van der Waals surface area contributed by atoms with Gasteiger partial charge in [-0.25, -0.2) is 0 Å². The molecule has 0 saturated heterocycles. The van der Waals surface area contributed by atoms with Crippen molar-refractivity contribution in [3.05, 3.63) is 35.9 Å². The van der Waals surface area contributed by atoms with E-state index < -0.39 is 5.41 Å². The highest BCUT2D eigenvalue weighted by molar-refractivity contribution is 5.84. The van der Waals surface area contributed by atoms with Crippen molar-refractivity contribution in [3.63, 3.8) is 0 Å². The van der Waals surface area contributed by atoms with E-state index in [4.69, 9.17) is 9.47 Å². The predicted molar refractivity (Wildman–Crippen MR) is 108 cm³/mol. The van der Waals surface area contributed by atoms with Crippen LogP contribution < -0.4 is 0 Å². The van der Waals surface area contributed by atoms with E-state index in [2.05, 4.69) is 13.8 Å². The summed E-state index contributed by atoms with van der Waals surface area (Å²) in [7, 11) is 0. The summed E-state index contributed by atoms with van der Waals surface area (Å²) >= 11 is 0. The minimum atomic E-state index is -0.904. The van der Waals surface area contributed by atoms with Crippen LogP contribution in [0.15, 0.2) is 30.3 Å². The molecule has 4 heteroatoms. The molecule has 0 aliphatic rings. The number of benzene rings is 1. The van der Waals surface area contributed by atoms with Crippen LogP contribution in [0, 0.1) is 23.2 Å². The van der Waals surface area contributed by atoms with Gasteiger partial charge in [-0.3, -0.25) is 9.59 Å². The van der Waals surface area contributed by atoms with Crippen LogP contribution in [-0.2, 0) is 25.5 Å². The van der Waals surface area contributed by atoms with Gasteiger partial charge in [-0.15, -0.1) is 0 Å². The van der Waals surface area contributed by atoms with Crippen molar-refractivity contribution in [3.8, 4) is 0 Å². The standard InChI is InChI=1S/C23H36O4/c1-17(2)12-23(22(25)27-16-19(5)6,13-20-10-8-7-9-11-20)14-21(24)26-15-18(3)4/h7-11,17-19H,12-16H2,1-6H3. The fraction of sp³-hybridized carbons (Fsp3) is 0.652. The Labute approximate surface area is 164 Å². The molecule has 1 atom stereocenters. The first-order valence-electron chi connectivity index (χ1n) is 10.0. The van der Waals surface area contributed by atoms with Crippen molar-refractivity contribution < 1.29 is 19.1 Å². The molecule has 1 unspecified atom stereocenters. The van der Waals surface area contributed by atoms with E-state index >= 15 is 0 Å². The molecule has 152 valence electrons. The third-order valence-electron chi connectivity index (χ3n) is 4.23. The number of ether oxygens (including phenoxy) is 2. The van der Waals surface area contributed by atoms with Crippen LogP contribution in [0.5, 0.6) is 0 Å². The Hall–Kier alpha value is -1.84. The number of esters is 2. The normalized spacial score (nSPS) is 13.7. The molecule has 4 nitrogen and oxygen atoms in total. The van der Waals surface area contributed by atoms with Crippen molar-refractivity contribution in [1.29, 1.82) is 0 Å². The Morgan fingerprint density at radius 3 is 1.93 bits per heavy atom. The second kappa shape index (κ2) is 11.1. The molecule has 27 heavy (non-hydrogen) atoms. The van der Waals surface area contributed by atoms with Crippen LogP contribution >= 0.6 is 0 Å². The molecule has 0 radical (unpaired) electrons. The van der Waals surface area contributed by atoms with E-state index in [1.807, 2.05) is 58.0 Å². The zero-order valence-electron chi connectivity index (χ0n) is 17.8. The fourth-order valence-corrected chi connectivity index (χ4v) is 3.18. The zero-order valence-corrected chi connectivity index (χ0v) is 17.8. The van der Waals surface area contributed by atoms with Crippen LogP contribution in [0.1, 0.15) is 59.9 Å². The summed E-state index contributed by atoms with van der Waals surface area (Å²) in [6.07, 6.45) is 1.10. The lowest BCUT2D eigenvalue weighted by molar-refractivity contribution is -0.165. The number of hydrogen-bond acceptors (Lipinski definition) is 4. The number of hydrogen-bond donors (Lipinski definition) is 0. The summed E-state index contributed by atoms with van der Waals surface area (Å²) in [5.74, 6) is 0.126. The molecule has 0 spiro atoms. The van der Waals surface area contributed by atoms with Crippen LogP contribution in [0.25, 0.3) is 0 Å². The lowest BCUT2D eigenvalue weighted by Crippen LogP contribution is -2.40. The largest absolute Gasteiger partial charge is 0.465 e. The van der Waals surface area contributed by atoms with Crippen molar-refractivity contribution in [2.45, 2.75) is 60.8 Å². The predicted octanol–water partition coefficient (Wildman–Crippen LogP) is 5.05. The average molecular weight is 377 g/mol. The second-order valence-electron chi connectivity index (χ2n) is 8.79. The molecule has 0 aliphatic carbocycles. The third-order valence-corrected chi connectivity index (χ3v) is 4.23. The van der Waals surface area contributed by atoms with Gasteiger partial charge >= 0.3 is 11.9 Å². The van der Waals surface area contributed by atoms with Crippen molar-refractivity contribution in [2.24, 2.45) is 23.2 Å². The van der Waals surface area contributed by atoms with Gasteiger partial charge in [-0.05, 0) is 36.2 Å². The highest BCUT2D eigenvalue weighted by atomic mass is 16.5. The summed E-state index contributed by atoms with van der Waals surface area (Å²) in [5.41, 5.74) is 0.120. The van der Waals surface area contributed by atoms with Crippen LogP contribution in [0.3, 0.4) is 0 Å². The quantitative estimate of drug-likeness (QED) is 0.507. The van der Waals surface area contributed by atoms with Crippen LogP contribution in [0.4, 0.5) is 0 Å². The molecule has 0 saturated carbocycles. The molecule has 0 N–H and O–H groups in total. The smallest absolute Gasteiger partial charge is 0.313 e. The Kier molecular flexibility index (Phi) is 9.54. The molecule has 1 aromatic rings. The van der Waals surface area contributed by atoms with Gasteiger partial charge in [0, 0.05) is 0 Å². The summed E-state index contributed by atoms with van der Waals surface area (Å²) in [6.45, 7) is 12.9. The van der Waals surface area contributed by atoms with Gasteiger partial charge in [0.05, 0.1) is 25.0 Å². The maximum Gasteiger partial charge on any atom is 0.313 e. The van der Waals surface area contributed by atoms with Gasteiger partial charge in [0.25, 0.3) is 0 Å². The minimum Gasteiger partial charge on any atom is -0.465 e. The first kappa shape index (κ1) is 23.2. The van der Waals surface area contributed by atoms with Crippen molar-refractivity contribution >= 4 is 11.9 Å². The van der Waals surface area contributed by atoms with E-state index in [1.165, 1.54) is 0 Å². The number of carbonyl (C=O) groups excluding carboxylic acids is 2. The second-order valence-corrected chi connectivity index (χ2v) is 8.79. The lowest BCUT2D eigenvalue weighted by atomic mass is 9.73. The summed E-state index contributed by atoms with van der Waals surface area (Å²) in [4.78, 5) is 25.7. The van der Waals surface area contributed by atoms with E-state index in [-0.39, 0.29) is 36.1 Å². The monoisotopic (exact) mass is 376 g/mol. The molecule has 0 amide bonds.